The van der Waals surface area contributed by atoms with E-state index in [-0.39, 0.29) is 24.8 Å². The lowest BCUT2D eigenvalue weighted by molar-refractivity contribution is -0.135. The van der Waals surface area contributed by atoms with Crippen LogP contribution in [0, 0.1) is 5.82 Å². The first-order valence-electron chi connectivity index (χ1n) is 10.7. The zero-order valence-electron chi connectivity index (χ0n) is 17.9. The summed E-state index contributed by atoms with van der Waals surface area (Å²) in [4.78, 5) is 19.5. The minimum Gasteiger partial charge on any atom is -0.394 e. The number of nitrogens with zero attached hydrogens (tertiary/aromatic N) is 6. The molecule has 2 N–H and O–H groups in total. The van der Waals surface area contributed by atoms with Gasteiger partial charge in [0.25, 0.3) is 0 Å². The third-order valence-corrected chi connectivity index (χ3v) is 5.63. The van der Waals surface area contributed by atoms with Gasteiger partial charge in [-0.2, -0.15) is 0 Å². The van der Waals surface area contributed by atoms with E-state index in [0.717, 1.165) is 11.1 Å². The van der Waals surface area contributed by atoms with Crippen molar-refractivity contribution in [1.29, 1.82) is 0 Å². The number of anilines is 1. The molecule has 10 heteroatoms. The van der Waals surface area contributed by atoms with E-state index in [1.165, 1.54) is 18.5 Å². The van der Waals surface area contributed by atoms with Crippen molar-refractivity contribution in [3.63, 3.8) is 0 Å². The average molecular weight is 449 g/mol. The summed E-state index contributed by atoms with van der Waals surface area (Å²) in [5.74, 6) is 0.373. The molecule has 0 aliphatic carbocycles. The number of aliphatic hydroxyl groups excluding tert-OH is 1. The number of nitrogens with one attached hydrogen (secondary N) is 1. The summed E-state index contributed by atoms with van der Waals surface area (Å²) in [5.41, 5.74) is 3.36. The number of benzene rings is 1. The van der Waals surface area contributed by atoms with Gasteiger partial charge in [-0.1, -0.05) is 12.1 Å². The van der Waals surface area contributed by atoms with Gasteiger partial charge in [0.2, 0.25) is 0 Å². The number of halogens is 1. The Balaban J connectivity index is 1.36. The van der Waals surface area contributed by atoms with E-state index >= 15 is 0 Å². The van der Waals surface area contributed by atoms with Gasteiger partial charge >= 0.3 is 0 Å². The second kappa shape index (κ2) is 9.57. The summed E-state index contributed by atoms with van der Waals surface area (Å²) < 4.78 is 21.3. The third kappa shape index (κ3) is 4.82. The molecule has 4 aromatic rings. The smallest absolute Gasteiger partial charge is 0.167 e. The standard InChI is InChI=1S/C23H24FN7O2/c24-18-3-1-17(2-4-18)10-30-11-19(13-32)33-20(12-30)31-15-29-21-22(27-14-28-23(21)31)26-9-16-5-7-25-8-6-16/h1-8,14-15,19-20,32H,9-13H2,(H,26,27,28)/t19-,20+/m0/s1. The Labute approximate surface area is 189 Å². The molecule has 0 amide bonds. The highest BCUT2D eigenvalue weighted by Gasteiger charge is 2.30. The Morgan fingerprint density at radius 1 is 1.03 bits per heavy atom. The summed E-state index contributed by atoms with van der Waals surface area (Å²) in [6, 6.07) is 10.3. The molecule has 1 aliphatic rings. The van der Waals surface area contributed by atoms with Crippen molar-refractivity contribution in [2.24, 2.45) is 0 Å². The molecule has 9 nitrogen and oxygen atoms in total. The van der Waals surface area contributed by atoms with E-state index in [1.54, 1.807) is 30.9 Å². The minimum absolute atomic E-state index is 0.100. The highest BCUT2D eigenvalue weighted by atomic mass is 19.1. The normalized spacial score (nSPS) is 19.1. The van der Waals surface area contributed by atoms with Crippen LogP contribution in [0.25, 0.3) is 11.2 Å². The quantitative estimate of drug-likeness (QED) is 0.444. The summed E-state index contributed by atoms with van der Waals surface area (Å²) in [6.07, 6.45) is 5.95. The second-order valence-electron chi connectivity index (χ2n) is 7.97. The van der Waals surface area contributed by atoms with Gasteiger partial charge in [-0.05, 0) is 35.4 Å². The fraction of sp³-hybridized carbons (Fsp3) is 0.304. The van der Waals surface area contributed by atoms with Gasteiger partial charge in [0, 0.05) is 38.6 Å². The van der Waals surface area contributed by atoms with Gasteiger partial charge in [-0.25, -0.2) is 19.3 Å². The fourth-order valence-corrected chi connectivity index (χ4v) is 4.00. The lowest BCUT2D eigenvalue weighted by Gasteiger charge is -2.37. The molecule has 0 spiro atoms. The van der Waals surface area contributed by atoms with Gasteiger partial charge < -0.3 is 15.2 Å². The van der Waals surface area contributed by atoms with Gasteiger partial charge in [-0.15, -0.1) is 0 Å². The maximum Gasteiger partial charge on any atom is 0.167 e. The molecular weight excluding hydrogens is 425 g/mol. The van der Waals surface area contributed by atoms with Crippen molar-refractivity contribution in [3.05, 3.63) is 78.4 Å². The van der Waals surface area contributed by atoms with Crippen molar-refractivity contribution in [3.8, 4) is 0 Å². The number of rotatable bonds is 7. The van der Waals surface area contributed by atoms with Crippen LogP contribution >= 0.6 is 0 Å². The molecule has 3 aromatic heterocycles. The first kappa shape index (κ1) is 21.4. The predicted molar refractivity (Wildman–Crippen MR) is 120 cm³/mol. The summed E-state index contributed by atoms with van der Waals surface area (Å²) in [5, 5.41) is 13.1. The second-order valence-corrected chi connectivity index (χ2v) is 7.97. The number of imidazole rings is 1. The molecule has 1 saturated heterocycles. The molecule has 4 heterocycles. The van der Waals surface area contributed by atoms with Crippen LogP contribution < -0.4 is 5.32 Å². The van der Waals surface area contributed by atoms with Gasteiger partial charge in [-0.3, -0.25) is 14.5 Å². The number of hydrogen-bond donors (Lipinski definition) is 2. The summed E-state index contributed by atoms with van der Waals surface area (Å²) >= 11 is 0. The topological polar surface area (TPSA) is 101 Å². The van der Waals surface area contributed by atoms with Crippen molar-refractivity contribution < 1.29 is 14.2 Å². The summed E-state index contributed by atoms with van der Waals surface area (Å²) in [6.45, 7) is 2.25. The first-order chi connectivity index (χ1) is 16.2. The highest BCUT2D eigenvalue weighted by Crippen LogP contribution is 2.26. The van der Waals surface area contributed by atoms with Crippen LogP contribution in [0.4, 0.5) is 10.2 Å². The van der Waals surface area contributed by atoms with Crippen molar-refractivity contribution in [1.82, 2.24) is 29.4 Å². The molecule has 0 saturated carbocycles. The zero-order chi connectivity index (χ0) is 22.6. The van der Waals surface area contributed by atoms with E-state index < -0.39 is 0 Å². The Bertz CT molecular complexity index is 1200. The van der Waals surface area contributed by atoms with Crippen LogP contribution in [-0.2, 0) is 17.8 Å². The molecule has 1 fully saturated rings. The average Bonchev–Trinajstić information content (AvgIpc) is 3.29. The molecule has 0 bridgehead atoms. The SMILES string of the molecule is OC[C@@H]1CN(Cc2ccc(F)cc2)C[C@H](n2cnc3c(NCc4ccncc4)ncnc32)O1. The first-order valence-corrected chi connectivity index (χ1v) is 10.7. The van der Waals surface area contributed by atoms with E-state index in [1.807, 2.05) is 16.7 Å². The van der Waals surface area contributed by atoms with E-state index in [2.05, 4.69) is 30.2 Å². The minimum atomic E-state index is -0.385. The maximum absolute atomic E-state index is 13.3. The molecule has 1 aromatic carbocycles. The van der Waals surface area contributed by atoms with Gasteiger partial charge in [0.05, 0.1) is 19.0 Å². The number of fused-ring (bicyclic) bond motifs is 1. The third-order valence-electron chi connectivity index (χ3n) is 5.63. The summed E-state index contributed by atoms with van der Waals surface area (Å²) in [7, 11) is 0. The van der Waals surface area contributed by atoms with E-state index in [4.69, 9.17) is 4.74 Å². The lowest BCUT2D eigenvalue weighted by atomic mass is 10.1. The number of morpholine rings is 1. The van der Waals surface area contributed by atoms with Crippen LogP contribution in [-0.4, -0.2) is 60.3 Å². The number of pyridine rings is 1. The van der Waals surface area contributed by atoms with Crippen LogP contribution in [0.3, 0.4) is 0 Å². The lowest BCUT2D eigenvalue weighted by Crippen LogP contribution is -2.46. The molecule has 33 heavy (non-hydrogen) atoms. The van der Waals surface area contributed by atoms with Gasteiger partial charge in [0.15, 0.2) is 17.0 Å². The molecule has 0 radical (unpaired) electrons. The Hall–Kier alpha value is -3.47. The monoisotopic (exact) mass is 449 g/mol. The Morgan fingerprint density at radius 3 is 2.64 bits per heavy atom. The zero-order valence-corrected chi connectivity index (χ0v) is 17.9. The van der Waals surface area contributed by atoms with Crippen molar-refractivity contribution in [2.45, 2.75) is 25.4 Å². The van der Waals surface area contributed by atoms with Crippen LogP contribution in [0.5, 0.6) is 0 Å². The molecule has 5 rings (SSSR count). The van der Waals surface area contributed by atoms with Gasteiger partial charge in [0.1, 0.15) is 18.4 Å². The van der Waals surface area contributed by atoms with E-state index in [0.29, 0.717) is 43.2 Å². The van der Waals surface area contributed by atoms with Crippen LogP contribution in [0.2, 0.25) is 0 Å². The number of aliphatic hydroxyl groups is 1. The molecule has 170 valence electrons. The predicted octanol–water partition coefficient (Wildman–Crippen LogP) is 2.36. The maximum atomic E-state index is 13.3. The number of ether oxygens (including phenoxy) is 1. The van der Waals surface area contributed by atoms with Crippen LogP contribution in [0.1, 0.15) is 17.4 Å². The molecule has 0 unspecified atom stereocenters. The number of aromatic nitrogens is 5. The number of hydrogen-bond acceptors (Lipinski definition) is 8. The van der Waals surface area contributed by atoms with E-state index in [9.17, 15) is 9.50 Å². The fourth-order valence-electron chi connectivity index (χ4n) is 4.00. The largest absolute Gasteiger partial charge is 0.394 e. The van der Waals surface area contributed by atoms with Crippen molar-refractivity contribution >= 4 is 17.0 Å². The Morgan fingerprint density at radius 2 is 1.85 bits per heavy atom. The molecule has 1 aliphatic heterocycles. The highest BCUT2D eigenvalue weighted by molar-refractivity contribution is 5.82. The molecular formula is C23H24FN7O2. The molecule has 2 atom stereocenters. The van der Waals surface area contributed by atoms with Crippen molar-refractivity contribution in [2.75, 3.05) is 25.0 Å². The Kier molecular flexibility index (Phi) is 6.20. The van der Waals surface area contributed by atoms with Crippen LogP contribution in [0.15, 0.2) is 61.4 Å².